The average molecular weight is 267 g/mol. The van der Waals surface area contributed by atoms with E-state index in [1.54, 1.807) is 20.1 Å². The summed E-state index contributed by atoms with van der Waals surface area (Å²) in [6, 6.07) is 5.00. The van der Waals surface area contributed by atoms with Gasteiger partial charge in [-0.2, -0.15) is 0 Å². The van der Waals surface area contributed by atoms with Crippen LogP contribution in [-0.4, -0.2) is 31.9 Å². The van der Waals surface area contributed by atoms with Crippen molar-refractivity contribution in [2.24, 2.45) is 5.92 Å². The highest BCUT2D eigenvalue weighted by molar-refractivity contribution is 5.55. The van der Waals surface area contributed by atoms with Gasteiger partial charge in [-0.3, -0.25) is 0 Å². The normalized spacial score (nSPS) is 21.5. The van der Waals surface area contributed by atoms with E-state index in [0.717, 1.165) is 38.2 Å². The molecule has 1 aromatic rings. The second-order valence-corrected chi connectivity index (χ2v) is 5.26. The van der Waals surface area contributed by atoms with E-state index in [9.17, 15) is 9.50 Å². The molecule has 0 spiro atoms. The molecule has 1 fully saturated rings. The lowest BCUT2D eigenvalue weighted by Gasteiger charge is -2.35. The number of aliphatic hydroxyl groups is 1. The lowest BCUT2D eigenvalue weighted by molar-refractivity contribution is 0.143. The SMILES string of the molecule is COCC1CCCN(c2cccc(F)c2[C@H](C)O)C1. The van der Waals surface area contributed by atoms with Gasteiger partial charge in [0.25, 0.3) is 0 Å². The van der Waals surface area contributed by atoms with Crippen LogP contribution < -0.4 is 4.90 Å². The molecular formula is C15H22FNO2. The highest BCUT2D eigenvalue weighted by atomic mass is 19.1. The number of rotatable bonds is 4. The lowest BCUT2D eigenvalue weighted by atomic mass is 9.97. The van der Waals surface area contributed by atoms with E-state index in [-0.39, 0.29) is 5.82 Å². The summed E-state index contributed by atoms with van der Waals surface area (Å²) in [5.41, 5.74) is 1.22. The van der Waals surface area contributed by atoms with Crippen LogP contribution in [-0.2, 0) is 4.74 Å². The van der Waals surface area contributed by atoms with E-state index >= 15 is 0 Å². The second kappa shape index (κ2) is 6.35. The summed E-state index contributed by atoms with van der Waals surface area (Å²) in [6.45, 7) is 4.11. The number of halogens is 1. The van der Waals surface area contributed by atoms with E-state index in [1.807, 2.05) is 6.07 Å². The van der Waals surface area contributed by atoms with Gasteiger partial charge in [0, 0.05) is 31.5 Å². The fourth-order valence-corrected chi connectivity index (χ4v) is 2.87. The molecule has 1 aliphatic rings. The first-order valence-electron chi connectivity index (χ1n) is 6.83. The number of methoxy groups -OCH3 is 1. The Kier molecular flexibility index (Phi) is 4.77. The highest BCUT2D eigenvalue weighted by Crippen LogP contribution is 2.31. The summed E-state index contributed by atoms with van der Waals surface area (Å²) in [7, 11) is 1.71. The Morgan fingerprint density at radius 1 is 1.53 bits per heavy atom. The maximum atomic E-state index is 13.9. The van der Waals surface area contributed by atoms with Gasteiger partial charge >= 0.3 is 0 Å². The van der Waals surface area contributed by atoms with Crippen LogP contribution in [0.1, 0.15) is 31.4 Å². The Balaban J connectivity index is 2.23. The van der Waals surface area contributed by atoms with Crippen LogP contribution in [0.2, 0.25) is 0 Å². The Hall–Kier alpha value is -1.13. The van der Waals surface area contributed by atoms with E-state index in [2.05, 4.69) is 4.90 Å². The van der Waals surface area contributed by atoms with Gasteiger partial charge in [0.05, 0.1) is 12.7 Å². The highest BCUT2D eigenvalue weighted by Gasteiger charge is 2.24. The molecule has 2 atom stereocenters. The zero-order valence-corrected chi connectivity index (χ0v) is 11.6. The van der Waals surface area contributed by atoms with Gasteiger partial charge in [-0.25, -0.2) is 4.39 Å². The second-order valence-electron chi connectivity index (χ2n) is 5.26. The van der Waals surface area contributed by atoms with Crippen LogP contribution in [0.4, 0.5) is 10.1 Å². The molecule has 19 heavy (non-hydrogen) atoms. The molecule has 1 aromatic carbocycles. The number of aliphatic hydroxyl groups excluding tert-OH is 1. The first-order chi connectivity index (χ1) is 9.13. The molecule has 1 aliphatic heterocycles. The van der Waals surface area contributed by atoms with Gasteiger partial charge in [-0.15, -0.1) is 0 Å². The van der Waals surface area contributed by atoms with Crippen LogP contribution in [0.25, 0.3) is 0 Å². The standard InChI is InChI=1S/C15H22FNO2/c1-11(18)15-13(16)6-3-7-14(15)17-8-4-5-12(9-17)10-19-2/h3,6-7,11-12,18H,4-5,8-10H2,1-2H3/t11-,12?/m0/s1. The van der Waals surface area contributed by atoms with Gasteiger partial charge < -0.3 is 14.7 Å². The number of ether oxygens (including phenoxy) is 1. The summed E-state index contributed by atoms with van der Waals surface area (Å²) in [5.74, 6) is 0.144. The summed E-state index contributed by atoms with van der Waals surface area (Å²) < 4.78 is 19.1. The quantitative estimate of drug-likeness (QED) is 0.910. The molecule has 0 aliphatic carbocycles. The summed E-state index contributed by atoms with van der Waals surface area (Å²) in [4.78, 5) is 2.16. The molecule has 0 aromatic heterocycles. The molecule has 3 nitrogen and oxygen atoms in total. The number of hydrogen-bond acceptors (Lipinski definition) is 3. The van der Waals surface area contributed by atoms with Gasteiger partial charge in [-0.1, -0.05) is 6.07 Å². The van der Waals surface area contributed by atoms with Crippen LogP contribution in [0, 0.1) is 11.7 Å². The third-order valence-electron chi connectivity index (χ3n) is 3.71. The third kappa shape index (κ3) is 3.25. The largest absolute Gasteiger partial charge is 0.389 e. The van der Waals surface area contributed by atoms with Gasteiger partial charge in [0.1, 0.15) is 5.82 Å². The molecular weight excluding hydrogens is 245 g/mol. The van der Waals surface area contributed by atoms with Gasteiger partial charge in [0.15, 0.2) is 0 Å². The minimum absolute atomic E-state index is 0.332. The topological polar surface area (TPSA) is 32.7 Å². The zero-order chi connectivity index (χ0) is 13.8. The zero-order valence-electron chi connectivity index (χ0n) is 11.6. The molecule has 1 saturated heterocycles. The van der Waals surface area contributed by atoms with Crippen LogP contribution in [0.5, 0.6) is 0 Å². The van der Waals surface area contributed by atoms with E-state index < -0.39 is 6.10 Å². The van der Waals surface area contributed by atoms with E-state index in [1.165, 1.54) is 6.07 Å². The lowest BCUT2D eigenvalue weighted by Crippen LogP contribution is -2.37. The fourth-order valence-electron chi connectivity index (χ4n) is 2.87. The first kappa shape index (κ1) is 14.3. The Labute approximate surface area is 114 Å². The third-order valence-corrected chi connectivity index (χ3v) is 3.71. The minimum Gasteiger partial charge on any atom is -0.389 e. The van der Waals surface area contributed by atoms with Crippen molar-refractivity contribution in [3.8, 4) is 0 Å². The monoisotopic (exact) mass is 267 g/mol. The molecule has 1 unspecified atom stereocenters. The molecule has 1 heterocycles. The van der Waals surface area contributed by atoms with Crippen molar-refractivity contribution in [2.75, 3.05) is 31.7 Å². The molecule has 1 N–H and O–H groups in total. The van der Waals surface area contributed by atoms with Crippen molar-refractivity contribution in [3.05, 3.63) is 29.6 Å². The first-order valence-corrected chi connectivity index (χ1v) is 6.83. The summed E-state index contributed by atoms with van der Waals surface area (Å²) in [5, 5.41) is 9.79. The van der Waals surface area contributed by atoms with Crippen LogP contribution in [0.3, 0.4) is 0 Å². The number of benzene rings is 1. The Bertz CT molecular complexity index is 421. The number of anilines is 1. The maximum absolute atomic E-state index is 13.9. The van der Waals surface area contributed by atoms with Gasteiger partial charge in [0.2, 0.25) is 0 Å². The number of nitrogens with zero attached hydrogens (tertiary/aromatic N) is 1. The van der Waals surface area contributed by atoms with Crippen molar-refractivity contribution in [3.63, 3.8) is 0 Å². The predicted octanol–water partition coefficient (Wildman–Crippen LogP) is 2.74. The number of piperidine rings is 1. The molecule has 2 rings (SSSR count). The molecule has 4 heteroatoms. The number of hydrogen-bond donors (Lipinski definition) is 1. The minimum atomic E-state index is -0.793. The molecule has 0 radical (unpaired) electrons. The van der Waals surface area contributed by atoms with Crippen molar-refractivity contribution in [1.82, 2.24) is 0 Å². The van der Waals surface area contributed by atoms with Crippen molar-refractivity contribution >= 4 is 5.69 Å². The van der Waals surface area contributed by atoms with Crippen LogP contribution >= 0.6 is 0 Å². The summed E-state index contributed by atoms with van der Waals surface area (Å²) >= 11 is 0. The smallest absolute Gasteiger partial charge is 0.131 e. The van der Waals surface area contributed by atoms with Crippen LogP contribution in [0.15, 0.2) is 18.2 Å². The molecule has 0 amide bonds. The van der Waals surface area contributed by atoms with E-state index in [4.69, 9.17) is 4.74 Å². The van der Waals surface area contributed by atoms with Gasteiger partial charge in [-0.05, 0) is 37.8 Å². The Morgan fingerprint density at radius 2 is 2.32 bits per heavy atom. The predicted molar refractivity (Wildman–Crippen MR) is 73.8 cm³/mol. The van der Waals surface area contributed by atoms with Crippen molar-refractivity contribution < 1.29 is 14.2 Å². The van der Waals surface area contributed by atoms with E-state index in [0.29, 0.717) is 11.5 Å². The van der Waals surface area contributed by atoms with Crippen molar-refractivity contribution in [1.29, 1.82) is 0 Å². The molecule has 106 valence electrons. The fraction of sp³-hybridized carbons (Fsp3) is 0.600. The Morgan fingerprint density at radius 3 is 3.00 bits per heavy atom. The summed E-state index contributed by atoms with van der Waals surface area (Å²) in [6.07, 6.45) is 1.42. The van der Waals surface area contributed by atoms with Crippen molar-refractivity contribution in [2.45, 2.75) is 25.9 Å². The maximum Gasteiger partial charge on any atom is 0.131 e. The average Bonchev–Trinajstić information content (AvgIpc) is 2.38. The molecule has 0 saturated carbocycles. The molecule has 0 bridgehead atoms.